The van der Waals surface area contributed by atoms with Gasteiger partial charge in [0.15, 0.2) is 0 Å². The first kappa shape index (κ1) is 13.0. The second kappa shape index (κ2) is 7.37. The zero-order valence-corrected chi connectivity index (χ0v) is 10.1. The summed E-state index contributed by atoms with van der Waals surface area (Å²) in [4.78, 5) is 2.56. The Kier molecular flexibility index (Phi) is 7.35. The smallest absolute Gasteiger partial charge is 0.00950 e. The highest BCUT2D eigenvalue weighted by Crippen LogP contribution is 2.25. The zero-order chi connectivity index (χ0) is 10.3. The van der Waals surface area contributed by atoms with E-state index in [0.29, 0.717) is 0 Å². The summed E-state index contributed by atoms with van der Waals surface area (Å²) in [6, 6.07) is 1.71. The van der Waals surface area contributed by atoms with Gasteiger partial charge in [-0.25, -0.2) is 0 Å². The van der Waals surface area contributed by atoms with Gasteiger partial charge in [0, 0.05) is 12.1 Å². The highest BCUT2D eigenvalue weighted by Gasteiger charge is 2.24. The van der Waals surface area contributed by atoms with Crippen LogP contribution in [0.25, 0.3) is 0 Å². The molecule has 0 saturated heterocycles. The molecule has 0 aromatic heterocycles. The van der Waals surface area contributed by atoms with E-state index in [1.165, 1.54) is 32.1 Å². The lowest BCUT2D eigenvalue weighted by atomic mass is 9.90. The van der Waals surface area contributed by atoms with Gasteiger partial charge >= 0.3 is 0 Å². The molecular formula is C12H27N. The van der Waals surface area contributed by atoms with Crippen LogP contribution >= 0.6 is 0 Å². The fourth-order valence-corrected chi connectivity index (χ4v) is 1.78. The van der Waals surface area contributed by atoms with Crippen LogP contribution < -0.4 is 0 Å². The van der Waals surface area contributed by atoms with Crippen LogP contribution in [0.5, 0.6) is 0 Å². The lowest BCUT2D eigenvalue weighted by Crippen LogP contribution is -2.42. The minimum Gasteiger partial charge on any atom is -0.301 e. The van der Waals surface area contributed by atoms with Crippen molar-refractivity contribution in [2.45, 2.75) is 71.9 Å². The summed E-state index contributed by atoms with van der Waals surface area (Å²) in [5.74, 6) is 0. The molecule has 0 N–H and O–H groups in total. The van der Waals surface area contributed by atoms with E-state index in [4.69, 9.17) is 0 Å². The number of rotatable bonds is 4. The van der Waals surface area contributed by atoms with Crippen LogP contribution in [0.2, 0.25) is 0 Å². The molecule has 80 valence electrons. The van der Waals surface area contributed by atoms with Gasteiger partial charge in [-0.3, -0.25) is 0 Å². The van der Waals surface area contributed by atoms with Crippen molar-refractivity contribution in [2.75, 3.05) is 7.05 Å². The lowest BCUT2D eigenvalue weighted by molar-refractivity contribution is 0.113. The Labute approximate surface area is 84.5 Å². The fourth-order valence-electron chi connectivity index (χ4n) is 1.78. The minimum absolute atomic E-state index is 0.797. The van der Waals surface area contributed by atoms with E-state index in [1.807, 2.05) is 13.8 Å². The highest BCUT2D eigenvalue weighted by molar-refractivity contribution is 4.80. The molecule has 0 bridgehead atoms. The SMILES string of the molecule is CC.CCCC(C)N(C)C1CCC1. The predicted molar refractivity (Wildman–Crippen MR) is 61.1 cm³/mol. The van der Waals surface area contributed by atoms with E-state index in [-0.39, 0.29) is 0 Å². The number of hydrogen-bond acceptors (Lipinski definition) is 1. The molecule has 0 aromatic carbocycles. The summed E-state index contributed by atoms with van der Waals surface area (Å²) >= 11 is 0. The Hall–Kier alpha value is -0.0400. The fraction of sp³-hybridized carbons (Fsp3) is 1.00. The molecule has 13 heavy (non-hydrogen) atoms. The topological polar surface area (TPSA) is 3.24 Å². The third-order valence-corrected chi connectivity index (χ3v) is 3.05. The van der Waals surface area contributed by atoms with Crippen molar-refractivity contribution in [2.24, 2.45) is 0 Å². The molecule has 1 atom stereocenters. The van der Waals surface area contributed by atoms with Crippen LogP contribution in [0, 0.1) is 0 Å². The largest absolute Gasteiger partial charge is 0.301 e. The second-order valence-corrected chi connectivity index (χ2v) is 3.89. The van der Waals surface area contributed by atoms with Crippen LogP contribution in [0.3, 0.4) is 0 Å². The second-order valence-electron chi connectivity index (χ2n) is 3.89. The van der Waals surface area contributed by atoms with E-state index >= 15 is 0 Å². The predicted octanol–water partition coefficient (Wildman–Crippen LogP) is 3.69. The molecule has 1 aliphatic rings. The first-order chi connectivity index (χ1) is 6.25. The van der Waals surface area contributed by atoms with E-state index in [0.717, 1.165) is 12.1 Å². The van der Waals surface area contributed by atoms with Crippen LogP contribution in [0.15, 0.2) is 0 Å². The minimum atomic E-state index is 0.797. The normalized spacial score (nSPS) is 18.9. The van der Waals surface area contributed by atoms with Crippen molar-refractivity contribution in [1.29, 1.82) is 0 Å². The quantitative estimate of drug-likeness (QED) is 0.645. The van der Waals surface area contributed by atoms with Crippen LogP contribution in [-0.4, -0.2) is 24.0 Å². The van der Waals surface area contributed by atoms with Gasteiger partial charge in [0.2, 0.25) is 0 Å². The van der Waals surface area contributed by atoms with E-state index in [2.05, 4.69) is 25.8 Å². The van der Waals surface area contributed by atoms with Crippen molar-refractivity contribution in [3.63, 3.8) is 0 Å². The third kappa shape index (κ3) is 4.12. The van der Waals surface area contributed by atoms with Gasteiger partial charge in [0.05, 0.1) is 0 Å². The van der Waals surface area contributed by atoms with Gasteiger partial charge in [0.25, 0.3) is 0 Å². The van der Waals surface area contributed by atoms with Crippen molar-refractivity contribution in [3.8, 4) is 0 Å². The zero-order valence-electron chi connectivity index (χ0n) is 10.1. The molecule has 1 aliphatic carbocycles. The summed E-state index contributed by atoms with van der Waals surface area (Å²) < 4.78 is 0. The van der Waals surface area contributed by atoms with Crippen molar-refractivity contribution >= 4 is 0 Å². The van der Waals surface area contributed by atoms with Gasteiger partial charge in [-0.2, -0.15) is 0 Å². The molecule has 0 spiro atoms. The van der Waals surface area contributed by atoms with Crippen molar-refractivity contribution in [3.05, 3.63) is 0 Å². The third-order valence-electron chi connectivity index (χ3n) is 3.05. The number of hydrogen-bond donors (Lipinski definition) is 0. The van der Waals surface area contributed by atoms with Gasteiger partial charge in [-0.1, -0.05) is 33.6 Å². The van der Waals surface area contributed by atoms with E-state index in [1.54, 1.807) is 0 Å². The summed E-state index contributed by atoms with van der Waals surface area (Å²) in [7, 11) is 2.28. The average Bonchev–Trinajstić information content (AvgIpc) is 2.05. The molecule has 0 aliphatic heterocycles. The van der Waals surface area contributed by atoms with Crippen LogP contribution in [-0.2, 0) is 0 Å². The maximum absolute atomic E-state index is 2.56. The highest BCUT2D eigenvalue weighted by atomic mass is 15.2. The molecule has 1 fully saturated rings. The molecule has 0 heterocycles. The van der Waals surface area contributed by atoms with Crippen LogP contribution in [0.1, 0.15) is 59.8 Å². The maximum Gasteiger partial charge on any atom is 0.00950 e. The molecule has 1 unspecified atom stereocenters. The molecule has 0 radical (unpaired) electrons. The first-order valence-corrected chi connectivity index (χ1v) is 5.97. The Morgan fingerprint density at radius 2 is 1.85 bits per heavy atom. The molecule has 1 heteroatoms. The maximum atomic E-state index is 2.56. The summed E-state index contributed by atoms with van der Waals surface area (Å²) in [6.45, 7) is 8.62. The monoisotopic (exact) mass is 185 g/mol. The van der Waals surface area contributed by atoms with Crippen molar-refractivity contribution in [1.82, 2.24) is 4.90 Å². The molecule has 1 saturated carbocycles. The van der Waals surface area contributed by atoms with Gasteiger partial charge in [-0.05, 0) is 33.2 Å². The number of nitrogens with zero attached hydrogens (tertiary/aromatic N) is 1. The van der Waals surface area contributed by atoms with Crippen molar-refractivity contribution < 1.29 is 0 Å². The molecular weight excluding hydrogens is 158 g/mol. The summed E-state index contributed by atoms with van der Waals surface area (Å²) in [6.07, 6.45) is 6.99. The Morgan fingerprint density at radius 1 is 1.31 bits per heavy atom. The molecule has 1 nitrogen and oxygen atoms in total. The molecule has 1 rings (SSSR count). The van der Waals surface area contributed by atoms with Crippen LogP contribution in [0.4, 0.5) is 0 Å². The average molecular weight is 185 g/mol. The van der Waals surface area contributed by atoms with Gasteiger partial charge in [-0.15, -0.1) is 0 Å². The lowest BCUT2D eigenvalue weighted by Gasteiger charge is -2.38. The van der Waals surface area contributed by atoms with Gasteiger partial charge in [0.1, 0.15) is 0 Å². The summed E-state index contributed by atoms with van der Waals surface area (Å²) in [5, 5.41) is 0. The van der Waals surface area contributed by atoms with E-state index in [9.17, 15) is 0 Å². The molecule has 0 aromatic rings. The Morgan fingerprint density at radius 3 is 2.15 bits per heavy atom. The standard InChI is InChI=1S/C10H21N.C2H6/c1-4-6-9(2)11(3)10-7-5-8-10;1-2/h9-10H,4-8H2,1-3H3;1-2H3. The van der Waals surface area contributed by atoms with E-state index < -0.39 is 0 Å². The Bertz CT molecular complexity index is 108. The first-order valence-electron chi connectivity index (χ1n) is 5.97. The summed E-state index contributed by atoms with van der Waals surface area (Å²) in [5.41, 5.74) is 0. The Balaban J connectivity index is 0.000000671. The van der Waals surface area contributed by atoms with Gasteiger partial charge < -0.3 is 4.90 Å². The molecule has 0 amide bonds.